The van der Waals surface area contributed by atoms with E-state index >= 15 is 0 Å². The third kappa shape index (κ3) is 3.11. The van der Waals surface area contributed by atoms with Gasteiger partial charge in [-0.05, 0) is 19.5 Å². The van der Waals surface area contributed by atoms with Crippen LogP contribution in [0.4, 0.5) is 0 Å². The van der Waals surface area contributed by atoms with Gasteiger partial charge in [0.2, 0.25) is 0 Å². The van der Waals surface area contributed by atoms with E-state index in [1.165, 1.54) is 45.7 Å². The second-order valence-electron chi connectivity index (χ2n) is 3.48. The summed E-state index contributed by atoms with van der Waals surface area (Å²) in [6, 6.07) is 0. The highest BCUT2D eigenvalue weighted by atomic mass is 15.3. The number of likely N-dealkylation sites (N-methyl/N-ethyl adjacent to an activating group) is 1. The van der Waals surface area contributed by atoms with Gasteiger partial charge in [0, 0.05) is 26.2 Å². The van der Waals surface area contributed by atoms with Crippen molar-refractivity contribution in [3.05, 3.63) is 6.92 Å². The Kier molecular flexibility index (Phi) is 4.62. The molecule has 0 aliphatic carbocycles. The van der Waals surface area contributed by atoms with Gasteiger partial charge in [-0.25, -0.2) is 0 Å². The van der Waals surface area contributed by atoms with Crippen molar-refractivity contribution in [2.45, 2.75) is 19.8 Å². The molecule has 1 radical (unpaired) electrons. The van der Waals surface area contributed by atoms with Gasteiger partial charge in [0.05, 0.1) is 0 Å². The predicted molar refractivity (Wildman–Crippen MR) is 53.1 cm³/mol. The Morgan fingerprint density at radius 1 is 1.08 bits per heavy atom. The number of rotatable bonds is 4. The van der Waals surface area contributed by atoms with Crippen LogP contribution in [0.5, 0.6) is 0 Å². The molecule has 0 spiro atoms. The normalized spacial score (nSPS) is 21.5. The van der Waals surface area contributed by atoms with Gasteiger partial charge in [0.1, 0.15) is 0 Å². The second kappa shape index (κ2) is 5.55. The lowest BCUT2D eigenvalue weighted by Gasteiger charge is -2.33. The Morgan fingerprint density at radius 3 is 2.17 bits per heavy atom. The monoisotopic (exact) mass is 169 g/mol. The quantitative estimate of drug-likeness (QED) is 0.625. The SMILES string of the molecule is [CH2]CCCN1CCN(CC)CC1. The molecule has 2 heteroatoms. The molecule has 0 bridgehead atoms. The van der Waals surface area contributed by atoms with Crippen LogP contribution < -0.4 is 0 Å². The van der Waals surface area contributed by atoms with Gasteiger partial charge in [-0.1, -0.05) is 20.3 Å². The van der Waals surface area contributed by atoms with E-state index in [0.717, 1.165) is 6.42 Å². The van der Waals surface area contributed by atoms with Gasteiger partial charge in [-0.3, -0.25) is 0 Å². The minimum Gasteiger partial charge on any atom is -0.301 e. The summed E-state index contributed by atoms with van der Waals surface area (Å²) in [4.78, 5) is 5.07. The molecule has 1 aliphatic heterocycles. The Bertz CT molecular complexity index is 106. The van der Waals surface area contributed by atoms with Crippen molar-refractivity contribution in [2.24, 2.45) is 0 Å². The van der Waals surface area contributed by atoms with E-state index in [1.54, 1.807) is 0 Å². The van der Waals surface area contributed by atoms with E-state index in [1.807, 2.05) is 0 Å². The third-order valence-electron chi connectivity index (χ3n) is 2.64. The van der Waals surface area contributed by atoms with Crippen molar-refractivity contribution in [3.8, 4) is 0 Å². The maximum atomic E-state index is 3.86. The fraction of sp³-hybridized carbons (Fsp3) is 0.900. The van der Waals surface area contributed by atoms with E-state index in [-0.39, 0.29) is 0 Å². The van der Waals surface area contributed by atoms with Crippen LogP contribution in [0, 0.1) is 6.92 Å². The lowest BCUT2D eigenvalue weighted by molar-refractivity contribution is 0.136. The first-order chi connectivity index (χ1) is 5.86. The van der Waals surface area contributed by atoms with Crippen molar-refractivity contribution in [1.82, 2.24) is 9.80 Å². The topological polar surface area (TPSA) is 6.48 Å². The fourth-order valence-electron chi connectivity index (χ4n) is 1.66. The summed E-state index contributed by atoms with van der Waals surface area (Å²) in [5.41, 5.74) is 0. The molecule has 0 aromatic carbocycles. The van der Waals surface area contributed by atoms with E-state index in [0.29, 0.717) is 0 Å². The summed E-state index contributed by atoms with van der Waals surface area (Å²) < 4.78 is 0. The minimum atomic E-state index is 1.08. The Morgan fingerprint density at radius 2 is 1.67 bits per heavy atom. The molecule has 1 heterocycles. The molecule has 1 saturated heterocycles. The molecular formula is C10H21N2. The zero-order valence-corrected chi connectivity index (χ0v) is 8.26. The second-order valence-corrected chi connectivity index (χ2v) is 3.48. The van der Waals surface area contributed by atoms with Gasteiger partial charge in [0.15, 0.2) is 0 Å². The summed E-state index contributed by atoms with van der Waals surface area (Å²) >= 11 is 0. The molecule has 0 N–H and O–H groups in total. The standard InChI is InChI=1S/C10H21N2/c1-3-5-6-12-9-7-11(4-2)8-10-12/h1,3-10H2,2H3. The molecule has 1 fully saturated rings. The van der Waals surface area contributed by atoms with Crippen LogP contribution >= 0.6 is 0 Å². The highest BCUT2D eigenvalue weighted by Crippen LogP contribution is 2.02. The van der Waals surface area contributed by atoms with Crippen molar-refractivity contribution in [1.29, 1.82) is 0 Å². The van der Waals surface area contributed by atoms with Gasteiger partial charge < -0.3 is 9.80 Å². The molecule has 0 aromatic rings. The molecule has 0 unspecified atom stereocenters. The summed E-state index contributed by atoms with van der Waals surface area (Å²) in [5, 5.41) is 0. The molecule has 2 nitrogen and oxygen atoms in total. The molecule has 0 saturated carbocycles. The van der Waals surface area contributed by atoms with Gasteiger partial charge in [0.25, 0.3) is 0 Å². The summed E-state index contributed by atoms with van der Waals surface area (Å²) in [6.07, 6.45) is 2.33. The average Bonchev–Trinajstić information content (AvgIpc) is 2.15. The Hall–Kier alpha value is -0.0800. The van der Waals surface area contributed by atoms with Crippen LogP contribution in [0.15, 0.2) is 0 Å². The lowest BCUT2D eigenvalue weighted by Crippen LogP contribution is -2.46. The van der Waals surface area contributed by atoms with Crippen molar-refractivity contribution in [3.63, 3.8) is 0 Å². The largest absolute Gasteiger partial charge is 0.301 e. The number of hydrogen-bond donors (Lipinski definition) is 0. The van der Waals surface area contributed by atoms with Crippen molar-refractivity contribution < 1.29 is 0 Å². The van der Waals surface area contributed by atoms with Crippen LogP contribution in [0.3, 0.4) is 0 Å². The van der Waals surface area contributed by atoms with Crippen LogP contribution in [0.1, 0.15) is 19.8 Å². The van der Waals surface area contributed by atoms with Gasteiger partial charge in [-0.15, -0.1) is 0 Å². The maximum Gasteiger partial charge on any atom is 0.0110 e. The predicted octanol–water partition coefficient (Wildman–Crippen LogP) is 1.24. The van der Waals surface area contributed by atoms with Gasteiger partial charge >= 0.3 is 0 Å². The third-order valence-corrected chi connectivity index (χ3v) is 2.64. The summed E-state index contributed by atoms with van der Waals surface area (Å²) in [5.74, 6) is 0. The first-order valence-electron chi connectivity index (χ1n) is 5.10. The maximum absolute atomic E-state index is 3.86. The van der Waals surface area contributed by atoms with Crippen LogP contribution in [-0.4, -0.2) is 49.1 Å². The van der Waals surface area contributed by atoms with Crippen LogP contribution in [0.2, 0.25) is 0 Å². The van der Waals surface area contributed by atoms with Crippen LogP contribution in [-0.2, 0) is 0 Å². The lowest BCUT2D eigenvalue weighted by atomic mass is 10.2. The Labute approximate surface area is 76.5 Å². The average molecular weight is 169 g/mol. The fourth-order valence-corrected chi connectivity index (χ4v) is 1.66. The van der Waals surface area contributed by atoms with Crippen molar-refractivity contribution in [2.75, 3.05) is 39.3 Å². The first-order valence-corrected chi connectivity index (χ1v) is 5.10. The van der Waals surface area contributed by atoms with E-state index in [2.05, 4.69) is 23.6 Å². The molecule has 12 heavy (non-hydrogen) atoms. The van der Waals surface area contributed by atoms with Crippen LogP contribution in [0.25, 0.3) is 0 Å². The Balaban J connectivity index is 2.09. The zero-order chi connectivity index (χ0) is 8.81. The highest BCUT2D eigenvalue weighted by molar-refractivity contribution is 4.70. The molecule has 71 valence electrons. The number of hydrogen-bond acceptors (Lipinski definition) is 2. The molecule has 1 rings (SSSR count). The number of nitrogens with zero attached hydrogens (tertiary/aromatic N) is 2. The molecule has 0 aromatic heterocycles. The molecular weight excluding hydrogens is 148 g/mol. The minimum absolute atomic E-state index is 1.08. The smallest absolute Gasteiger partial charge is 0.0110 e. The molecule has 1 aliphatic rings. The van der Waals surface area contributed by atoms with Crippen molar-refractivity contribution >= 4 is 0 Å². The first kappa shape index (κ1) is 10.0. The van der Waals surface area contributed by atoms with E-state index in [4.69, 9.17) is 0 Å². The van der Waals surface area contributed by atoms with E-state index < -0.39 is 0 Å². The molecule has 0 amide bonds. The number of piperazine rings is 1. The highest BCUT2D eigenvalue weighted by Gasteiger charge is 2.13. The van der Waals surface area contributed by atoms with Gasteiger partial charge in [-0.2, -0.15) is 0 Å². The number of unbranched alkanes of at least 4 members (excludes halogenated alkanes) is 1. The van der Waals surface area contributed by atoms with E-state index in [9.17, 15) is 0 Å². The molecule has 0 atom stereocenters. The zero-order valence-electron chi connectivity index (χ0n) is 8.26. The summed E-state index contributed by atoms with van der Waals surface area (Å²) in [7, 11) is 0. The summed E-state index contributed by atoms with van der Waals surface area (Å²) in [6.45, 7) is 13.6.